The summed E-state index contributed by atoms with van der Waals surface area (Å²) in [7, 11) is 0. The Morgan fingerprint density at radius 1 is 1.13 bits per heavy atom. The number of hydrogen-bond acceptors (Lipinski definition) is 4. The van der Waals surface area contributed by atoms with E-state index in [0.717, 1.165) is 44.9 Å². The second-order valence-corrected chi connectivity index (χ2v) is 10.4. The Labute approximate surface area is 183 Å². The van der Waals surface area contributed by atoms with Gasteiger partial charge < -0.3 is 20.1 Å². The normalized spacial score (nSPS) is 41.2. The molecule has 0 aromatic heterocycles. The highest BCUT2D eigenvalue weighted by Crippen LogP contribution is 2.53. The van der Waals surface area contributed by atoms with Crippen LogP contribution >= 0.6 is 0 Å². The SMILES string of the molecule is O=C1NC2(CC3CCC2CC3C(=O)N2CCC(O)C3CCCCC32)Oc2ccccc21. The van der Waals surface area contributed by atoms with Gasteiger partial charge in [-0.2, -0.15) is 0 Å². The van der Waals surface area contributed by atoms with Gasteiger partial charge in [-0.1, -0.05) is 25.0 Å². The molecule has 2 bridgehead atoms. The van der Waals surface area contributed by atoms with Crippen LogP contribution in [0.5, 0.6) is 5.75 Å². The van der Waals surface area contributed by atoms with Crippen molar-refractivity contribution in [2.75, 3.05) is 6.54 Å². The fourth-order valence-electron chi connectivity index (χ4n) is 7.38. The lowest BCUT2D eigenvalue weighted by molar-refractivity contribution is -0.163. The van der Waals surface area contributed by atoms with Gasteiger partial charge in [0, 0.05) is 36.8 Å². The van der Waals surface area contributed by atoms with E-state index in [1.807, 2.05) is 18.2 Å². The maximum absolute atomic E-state index is 13.8. The first kappa shape index (κ1) is 19.6. The van der Waals surface area contributed by atoms with E-state index in [0.29, 0.717) is 30.7 Å². The summed E-state index contributed by atoms with van der Waals surface area (Å²) < 4.78 is 6.45. The number of para-hydroxylation sites is 1. The van der Waals surface area contributed by atoms with Crippen molar-refractivity contribution in [2.45, 2.75) is 75.7 Å². The summed E-state index contributed by atoms with van der Waals surface area (Å²) in [6.45, 7) is 0.681. The number of likely N-dealkylation sites (tertiary alicyclic amines) is 1. The molecule has 166 valence electrons. The van der Waals surface area contributed by atoms with Gasteiger partial charge in [0.1, 0.15) is 5.75 Å². The molecule has 6 nitrogen and oxygen atoms in total. The van der Waals surface area contributed by atoms with E-state index in [9.17, 15) is 14.7 Å². The monoisotopic (exact) mass is 424 g/mol. The van der Waals surface area contributed by atoms with Crippen molar-refractivity contribution in [2.24, 2.45) is 23.7 Å². The zero-order valence-electron chi connectivity index (χ0n) is 18.0. The van der Waals surface area contributed by atoms with Crippen molar-refractivity contribution in [3.63, 3.8) is 0 Å². The van der Waals surface area contributed by atoms with E-state index in [4.69, 9.17) is 4.74 Å². The van der Waals surface area contributed by atoms with Gasteiger partial charge in [0.25, 0.3) is 5.91 Å². The first-order valence-corrected chi connectivity index (χ1v) is 12.1. The first-order chi connectivity index (χ1) is 15.1. The zero-order valence-corrected chi connectivity index (χ0v) is 18.0. The Kier molecular flexibility index (Phi) is 4.57. The topological polar surface area (TPSA) is 78.9 Å². The van der Waals surface area contributed by atoms with Gasteiger partial charge in [0.2, 0.25) is 5.91 Å². The van der Waals surface area contributed by atoms with E-state index < -0.39 is 5.72 Å². The highest BCUT2D eigenvalue weighted by Gasteiger charge is 2.58. The summed E-state index contributed by atoms with van der Waals surface area (Å²) >= 11 is 0. The molecule has 1 spiro atoms. The van der Waals surface area contributed by atoms with Gasteiger partial charge in [-0.25, -0.2) is 0 Å². The summed E-state index contributed by atoms with van der Waals surface area (Å²) in [4.78, 5) is 28.7. The molecule has 7 atom stereocenters. The Hall–Kier alpha value is -2.08. The van der Waals surface area contributed by atoms with Crippen molar-refractivity contribution in [1.29, 1.82) is 0 Å². The molecule has 4 aliphatic carbocycles. The quantitative estimate of drug-likeness (QED) is 0.726. The lowest BCUT2D eigenvalue weighted by Gasteiger charge is -2.56. The van der Waals surface area contributed by atoms with Crippen LogP contribution in [0.15, 0.2) is 24.3 Å². The molecule has 31 heavy (non-hydrogen) atoms. The molecule has 0 radical (unpaired) electrons. The molecule has 1 aromatic carbocycles. The molecule has 5 fully saturated rings. The lowest BCUT2D eigenvalue weighted by atomic mass is 9.59. The number of aliphatic hydroxyl groups is 1. The number of nitrogens with one attached hydrogen (secondary N) is 1. The van der Waals surface area contributed by atoms with Crippen molar-refractivity contribution < 1.29 is 19.4 Å². The number of fused-ring (bicyclic) bond motifs is 4. The minimum atomic E-state index is -0.670. The minimum absolute atomic E-state index is 0.0138. The van der Waals surface area contributed by atoms with Crippen molar-refractivity contribution >= 4 is 11.8 Å². The predicted molar refractivity (Wildman–Crippen MR) is 114 cm³/mol. The number of piperidine rings is 1. The van der Waals surface area contributed by atoms with Gasteiger partial charge in [0.15, 0.2) is 5.72 Å². The molecule has 7 unspecified atom stereocenters. The molecule has 1 aromatic rings. The summed E-state index contributed by atoms with van der Waals surface area (Å²) in [5, 5.41) is 13.7. The first-order valence-electron chi connectivity index (χ1n) is 12.1. The average Bonchev–Trinajstić information content (AvgIpc) is 2.79. The van der Waals surface area contributed by atoms with E-state index >= 15 is 0 Å². The maximum Gasteiger partial charge on any atom is 0.258 e. The third-order valence-corrected chi connectivity index (χ3v) is 8.91. The van der Waals surface area contributed by atoms with Crippen LogP contribution in [-0.4, -0.2) is 46.2 Å². The highest BCUT2D eigenvalue weighted by atomic mass is 16.5. The molecular weight excluding hydrogens is 392 g/mol. The number of ether oxygens (including phenoxy) is 1. The summed E-state index contributed by atoms with van der Waals surface area (Å²) in [6.07, 6.45) is 8.31. The fourth-order valence-corrected chi connectivity index (χ4v) is 7.38. The number of hydrogen-bond donors (Lipinski definition) is 2. The van der Waals surface area contributed by atoms with Gasteiger partial charge >= 0.3 is 0 Å². The third-order valence-electron chi connectivity index (χ3n) is 8.91. The highest BCUT2D eigenvalue weighted by molar-refractivity contribution is 5.98. The second kappa shape index (κ2) is 7.22. The number of nitrogens with zero attached hydrogens (tertiary/aromatic N) is 1. The number of carbonyl (C=O) groups excluding carboxylic acids is 2. The van der Waals surface area contributed by atoms with E-state index in [1.54, 1.807) is 6.07 Å². The Balaban J connectivity index is 1.23. The maximum atomic E-state index is 13.8. The molecule has 2 amide bonds. The third kappa shape index (κ3) is 3.01. The summed E-state index contributed by atoms with van der Waals surface area (Å²) in [5.74, 6) is 1.54. The molecule has 7 rings (SSSR count). The minimum Gasteiger partial charge on any atom is -0.467 e. The van der Waals surface area contributed by atoms with E-state index in [-0.39, 0.29) is 47.6 Å². The average molecular weight is 425 g/mol. The van der Waals surface area contributed by atoms with Crippen molar-refractivity contribution in [3.05, 3.63) is 29.8 Å². The molecule has 6 aliphatic rings. The molecule has 2 aliphatic heterocycles. The Morgan fingerprint density at radius 3 is 2.81 bits per heavy atom. The smallest absolute Gasteiger partial charge is 0.258 e. The molecule has 2 heterocycles. The summed E-state index contributed by atoms with van der Waals surface area (Å²) in [5.41, 5.74) is -0.0752. The number of rotatable bonds is 1. The fraction of sp³-hybridized carbons (Fsp3) is 0.680. The molecule has 6 heteroatoms. The molecule has 1 saturated heterocycles. The standard InChI is InChI=1S/C25H32N2O4/c28-21-11-12-27(20-7-3-1-5-17(20)21)24(30)19-13-16-10-9-15(19)14-25(16)26-23(29)18-6-2-4-8-22(18)31-25/h2,4,6,8,15-17,19-21,28H,1,3,5,7,9-14H2,(H,26,29). The van der Waals surface area contributed by atoms with Gasteiger partial charge in [-0.05, 0) is 56.6 Å². The van der Waals surface area contributed by atoms with Crippen LogP contribution < -0.4 is 10.1 Å². The Morgan fingerprint density at radius 2 is 1.97 bits per heavy atom. The van der Waals surface area contributed by atoms with Gasteiger partial charge in [0.05, 0.1) is 11.7 Å². The van der Waals surface area contributed by atoms with Gasteiger partial charge in [-0.15, -0.1) is 0 Å². The van der Waals surface area contributed by atoms with Crippen LogP contribution in [0.25, 0.3) is 0 Å². The number of carbonyl (C=O) groups is 2. The van der Waals surface area contributed by atoms with Crippen LogP contribution in [-0.2, 0) is 4.79 Å². The Bertz CT molecular complexity index is 903. The van der Waals surface area contributed by atoms with E-state index in [2.05, 4.69) is 10.2 Å². The van der Waals surface area contributed by atoms with Crippen LogP contribution in [0.4, 0.5) is 0 Å². The van der Waals surface area contributed by atoms with Crippen molar-refractivity contribution in [1.82, 2.24) is 10.2 Å². The van der Waals surface area contributed by atoms with Crippen LogP contribution in [0.2, 0.25) is 0 Å². The molecular formula is C25H32N2O4. The zero-order chi connectivity index (χ0) is 21.2. The second-order valence-electron chi connectivity index (χ2n) is 10.4. The van der Waals surface area contributed by atoms with Gasteiger partial charge in [-0.3, -0.25) is 9.59 Å². The largest absolute Gasteiger partial charge is 0.467 e. The van der Waals surface area contributed by atoms with Crippen LogP contribution in [0, 0.1) is 23.7 Å². The number of benzene rings is 1. The predicted octanol–water partition coefficient (Wildman–Crippen LogP) is 3.09. The lowest BCUT2D eigenvalue weighted by Crippen LogP contribution is -2.67. The number of amides is 2. The molecule has 2 N–H and O–H groups in total. The van der Waals surface area contributed by atoms with Crippen molar-refractivity contribution in [3.8, 4) is 5.75 Å². The van der Waals surface area contributed by atoms with E-state index in [1.165, 1.54) is 0 Å². The molecule has 4 saturated carbocycles. The van der Waals surface area contributed by atoms with Crippen LogP contribution in [0.3, 0.4) is 0 Å². The summed E-state index contributed by atoms with van der Waals surface area (Å²) in [6, 6.07) is 7.65. The van der Waals surface area contributed by atoms with Crippen LogP contribution in [0.1, 0.15) is 68.1 Å². The number of aliphatic hydroxyl groups excluding tert-OH is 1.